The first-order chi connectivity index (χ1) is 10.5. The summed E-state index contributed by atoms with van der Waals surface area (Å²) in [6.45, 7) is 5.46. The summed E-state index contributed by atoms with van der Waals surface area (Å²) in [7, 11) is 0. The quantitative estimate of drug-likeness (QED) is 0.794. The van der Waals surface area contributed by atoms with Crippen molar-refractivity contribution in [2.24, 2.45) is 11.3 Å². The van der Waals surface area contributed by atoms with Crippen LogP contribution < -0.4 is 16.0 Å². The molecule has 23 heavy (non-hydrogen) atoms. The number of amides is 2. The smallest absolute Gasteiger partial charge is 0.228 e. The van der Waals surface area contributed by atoms with Gasteiger partial charge in [0.2, 0.25) is 11.8 Å². The second-order valence-corrected chi connectivity index (χ2v) is 6.57. The summed E-state index contributed by atoms with van der Waals surface area (Å²) >= 11 is 0. The number of anilines is 2. The zero-order valence-electron chi connectivity index (χ0n) is 13.6. The molecule has 0 bridgehead atoms. The summed E-state index contributed by atoms with van der Waals surface area (Å²) in [6.07, 6.45) is 3.19. The van der Waals surface area contributed by atoms with Crippen LogP contribution in [0.4, 0.5) is 11.4 Å². The van der Waals surface area contributed by atoms with Crippen molar-refractivity contribution in [3.8, 4) is 0 Å². The molecule has 3 rings (SSSR count). The molecule has 2 aliphatic rings. The highest BCUT2D eigenvalue weighted by atomic mass is 35.5. The fourth-order valence-corrected chi connectivity index (χ4v) is 3.45. The third kappa shape index (κ3) is 3.85. The number of rotatable bonds is 3. The minimum absolute atomic E-state index is 0. The van der Waals surface area contributed by atoms with Crippen LogP contribution in [0.2, 0.25) is 0 Å². The molecule has 5 nitrogen and oxygen atoms in total. The molecule has 6 heteroatoms. The zero-order valence-corrected chi connectivity index (χ0v) is 14.4. The van der Waals surface area contributed by atoms with Gasteiger partial charge in [-0.25, -0.2) is 0 Å². The van der Waals surface area contributed by atoms with Crippen LogP contribution in [0.1, 0.15) is 31.7 Å². The summed E-state index contributed by atoms with van der Waals surface area (Å²) < 4.78 is 0. The van der Waals surface area contributed by atoms with E-state index in [0.29, 0.717) is 5.69 Å². The molecule has 1 saturated carbocycles. The normalized spacial score (nSPS) is 21.2. The number of carbonyl (C=O) groups excluding carboxylic acids is 2. The fourth-order valence-electron chi connectivity index (χ4n) is 3.45. The van der Waals surface area contributed by atoms with Gasteiger partial charge in [0.05, 0.1) is 0 Å². The minimum Gasteiger partial charge on any atom is -0.326 e. The predicted octanol–water partition coefficient (Wildman–Crippen LogP) is 2.70. The van der Waals surface area contributed by atoms with Crippen LogP contribution >= 0.6 is 12.4 Å². The summed E-state index contributed by atoms with van der Waals surface area (Å²) in [4.78, 5) is 23.7. The van der Waals surface area contributed by atoms with Crippen LogP contribution in [0.3, 0.4) is 0 Å². The Morgan fingerprint density at radius 2 is 1.91 bits per heavy atom. The van der Waals surface area contributed by atoms with Gasteiger partial charge >= 0.3 is 0 Å². The summed E-state index contributed by atoms with van der Waals surface area (Å²) in [5, 5.41) is 9.15. The molecule has 1 heterocycles. The Morgan fingerprint density at radius 3 is 2.57 bits per heavy atom. The average molecular weight is 338 g/mol. The Morgan fingerprint density at radius 1 is 1.22 bits per heavy atom. The number of nitrogens with one attached hydrogen (secondary N) is 3. The molecular formula is C17H24ClN3O2. The Labute approximate surface area is 143 Å². The minimum atomic E-state index is -0.114. The van der Waals surface area contributed by atoms with Gasteiger partial charge in [-0.2, -0.15) is 0 Å². The number of carbonyl (C=O) groups is 2. The van der Waals surface area contributed by atoms with Gasteiger partial charge in [-0.1, -0.05) is 6.07 Å². The van der Waals surface area contributed by atoms with Crippen molar-refractivity contribution >= 4 is 35.6 Å². The van der Waals surface area contributed by atoms with Crippen LogP contribution in [0.5, 0.6) is 0 Å². The van der Waals surface area contributed by atoms with Crippen molar-refractivity contribution in [3.05, 3.63) is 23.8 Å². The molecule has 0 radical (unpaired) electrons. The molecule has 1 aromatic carbocycles. The van der Waals surface area contributed by atoms with Crippen molar-refractivity contribution in [1.29, 1.82) is 0 Å². The van der Waals surface area contributed by atoms with Gasteiger partial charge in [-0.3, -0.25) is 9.59 Å². The highest BCUT2D eigenvalue weighted by Gasteiger charge is 2.57. The molecule has 1 atom stereocenters. The van der Waals surface area contributed by atoms with Gasteiger partial charge in [-0.15, -0.1) is 12.4 Å². The van der Waals surface area contributed by atoms with Crippen molar-refractivity contribution < 1.29 is 9.59 Å². The molecular weight excluding hydrogens is 314 g/mol. The molecule has 3 N–H and O–H groups in total. The Hall–Kier alpha value is -1.59. The molecule has 1 saturated heterocycles. The molecule has 1 unspecified atom stereocenters. The van der Waals surface area contributed by atoms with E-state index in [1.54, 1.807) is 0 Å². The molecule has 1 aliphatic carbocycles. The monoisotopic (exact) mass is 337 g/mol. The molecule has 0 aromatic heterocycles. The molecule has 2 amide bonds. The largest absolute Gasteiger partial charge is 0.326 e. The standard InChI is InChI=1S/C17H23N3O2.ClH/c1-11-3-4-13(19-12(2)21)9-15(11)20-16(22)14-10-17(14)5-7-18-8-6-17;/h3-4,9,14,18H,5-8,10H2,1-2H3,(H,19,21)(H,20,22);1H. The van der Waals surface area contributed by atoms with E-state index < -0.39 is 0 Å². The van der Waals surface area contributed by atoms with Crippen LogP contribution in [-0.2, 0) is 9.59 Å². The van der Waals surface area contributed by atoms with Crippen molar-refractivity contribution in [1.82, 2.24) is 5.32 Å². The first kappa shape index (κ1) is 17.8. The maximum absolute atomic E-state index is 12.5. The van der Waals surface area contributed by atoms with E-state index in [0.717, 1.165) is 43.6 Å². The lowest BCUT2D eigenvalue weighted by Gasteiger charge is -2.23. The molecule has 126 valence electrons. The Balaban J connectivity index is 0.00000192. The van der Waals surface area contributed by atoms with Crippen LogP contribution in [0.15, 0.2) is 18.2 Å². The van der Waals surface area contributed by atoms with E-state index in [2.05, 4.69) is 16.0 Å². The van der Waals surface area contributed by atoms with E-state index >= 15 is 0 Å². The zero-order chi connectivity index (χ0) is 15.7. The molecule has 2 fully saturated rings. The number of aryl methyl sites for hydroxylation is 1. The number of hydrogen-bond donors (Lipinski definition) is 3. The van der Waals surface area contributed by atoms with Gasteiger partial charge in [0.25, 0.3) is 0 Å². The maximum atomic E-state index is 12.5. The van der Waals surface area contributed by atoms with E-state index in [9.17, 15) is 9.59 Å². The lowest BCUT2D eigenvalue weighted by molar-refractivity contribution is -0.118. The van der Waals surface area contributed by atoms with E-state index in [4.69, 9.17) is 0 Å². The van der Waals surface area contributed by atoms with E-state index in [-0.39, 0.29) is 35.6 Å². The third-order valence-corrected chi connectivity index (χ3v) is 4.92. The fraction of sp³-hybridized carbons (Fsp3) is 0.529. The van der Waals surface area contributed by atoms with E-state index in [1.165, 1.54) is 6.92 Å². The topological polar surface area (TPSA) is 70.2 Å². The summed E-state index contributed by atoms with van der Waals surface area (Å²) in [5.74, 6) is 0.139. The maximum Gasteiger partial charge on any atom is 0.228 e. The third-order valence-electron chi connectivity index (χ3n) is 4.92. The predicted molar refractivity (Wildman–Crippen MR) is 94.0 cm³/mol. The lowest BCUT2D eigenvalue weighted by atomic mass is 9.91. The van der Waals surface area contributed by atoms with Crippen molar-refractivity contribution in [3.63, 3.8) is 0 Å². The second kappa shape index (κ2) is 6.89. The van der Waals surface area contributed by atoms with Gasteiger partial charge < -0.3 is 16.0 Å². The second-order valence-electron chi connectivity index (χ2n) is 6.57. The molecule has 1 aliphatic heterocycles. The average Bonchev–Trinajstić information content (AvgIpc) is 3.16. The number of hydrogen-bond acceptors (Lipinski definition) is 3. The molecule has 1 spiro atoms. The lowest BCUT2D eigenvalue weighted by Crippen LogP contribution is -2.31. The van der Waals surface area contributed by atoms with Gasteiger partial charge in [0, 0.05) is 24.2 Å². The summed E-state index contributed by atoms with van der Waals surface area (Å²) in [5.41, 5.74) is 2.73. The first-order valence-electron chi connectivity index (χ1n) is 7.90. The number of halogens is 1. The highest BCUT2D eigenvalue weighted by Crippen LogP contribution is 2.58. The Kier molecular flexibility index (Phi) is 5.32. The van der Waals surface area contributed by atoms with Gasteiger partial charge in [0.1, 0.15) is 0 Å². The summed E-state index contributed by atoms with van der Waals surface area (Å²) in [6, 6.07) is 5.58. The van der Waals surface area contributed by atoms with Gasteiger partial charge in [0.15, 0.2) is 0 Å². The number of benzene rings is 1. The first-order valence-corrected chi connectivity index (χ1v) is 7.90. The van der Waals surface area contributed by atoms with Crippen LogP contribution in [0.25, 0.3) is 0 Å². The van der Waals surface area contributed by atoms with E-state index in [1.807, 2.05) is 25.1 Å². The van der Waals surface area contributed by atoms with Gasteiger partial charge in [-0.05, 0) is 62.4 Å². The SMILES string of the molecule is CC(=O)Nc1ccc(C)c(NC(=O)C2CC23CCNCC3)c1.Cl. The van der Waals surface area contributed by atoms with Crippen LogP contribution in [0, 0.1) is 18.3 Å². The van der Waals surface area contributed by atoms with Crippen LogP contribution in [-0.4, -0.2) is 24.9 Å². The highest BCUT2D eigenvalue weighted by molar-refractivity contribution is 5.97. The number of piperidine rings is 1. The van der Waals surface area contributed by atoms with Crippen molar-refractivity contribution in [2.45, 2.75) is 33.1 Å². The Bertz CT molecular complexity index is 612. The van der Waals surface area contributed by atoms with Crippen molar-refractivity contribution in [2.75, 3.05) is 23.7 Å². The molecule has 1 aromatic rings.